The molecule has 0 aliphatic rings. The SMILES string of the molecule is COc1cc(/C=N\Nc2ncccc2[N+](=O)[O-])cc(Cl)c1OC(C)C. The van der Waals surface area contributed by atoms with Crippen LogP contribution in [0.1, 0.15) is 19.4 Å². The monoisotopic (exact) mass is 364 g/mol. The zero-order valence-corrected chi connectivity index (χ0v) is 14.6. The third-order valence-electron chi connectivity index (χ3n) is 2.97. The van der Waals surface area contributed by atoms with E-state index in [4.69, 9.17) is 21.1 Å². The number of halogens is 1. The van der Waals surface area contributed by atoms with Crippen LogP contribution in [-0.2, 0) is 0 Å². The van der Waals surface area contributed by atoms with Gasteiger partial charge in [-0.1, -0.05) is 11.6 Å². The molecule has 0 saturated carbocycles. The maximum Gasteiger partial charge on any atom is 0.313 e. The standard InChI is InChI=1S/C16H17ClN4O4/c1-10(2)25-15-12(17)7-11(8-14(15)24-3)9-19-20-16-13(21(22)23)5-4-6-18-16/h4-10H,1-3H3,(H,18,20)/b19-9-. The van der Waals surface area contributed by atoms with E-state index in [1.54, 1.807) is 12.1 Å². The lowest BCUT2D eigenvalue weighted by atomic mass is 10.2. The van der Waals surface area contributed by atoms with Crippen molar-refractivity contribution in [2.24, 2.45) is 5.10 Å². The van der Waals surface area contributed by atoms with Gasteiger partial charge in [0.2, 0.25) is 5.82 Å². The molecule has 0 unspecified atom stereocenters. The van der Waals surface area contributed by atoms with E-state index in [0.29, 0.717) is 22.1 Å². The number of ether oxygens (including phenoxy) is 2. The number of benzene rings is 1. The molecular formula is C16H17ClN4O4. The molecule has 2 aromatic rings. The van der Waals surface area contributed by atoms with E-state index >= 15 is 0 Å². The molecule has 0 amide bonds. The number of hydrogen-bond acceptors (Lipinski definition) is 7. The maximum absolute atomic E-state index is 10.9. The summed E-state index contributed by atoms with van der Waals surface area (Å²) >= 11 is 6.23. The largest absolute Gasteiger partial charge is 0.493 e. The first kappa shape index (κ1) is 18.5. The Labute approximate surface area is 149 Å². The molecule has 1 aromatic carbocycles. The molecule has 0 spiro atoms. The summed E-state index contributed by atoms with van der Waals surface area (Å²) in [6.07, 6.45) is 2.83. The summed E-state index contributed by atoms with van der Waals surface area (Å²) < 4.78 is 10.9. The molecule has 8 nitrogen and oxygen atoms in total. The van der Waals surface area contributed by atoms with Crippen molar-refractivity contribution in [2.75, 3.05) is 12.5 Å². The number of hydrazone groups is 1. The van der Waals surface area contributed by atoms with Crippen LogP contribution in [0.3, 0.4) is 0 Å². The van der Waals surface area contributed by atoms with E-state index in [-0.39, 0.29) is 17.6 Å². The Morgan fingerprint density at radius 3 is 2.84 bits per heavy atom. The summed E-state index contributed by atoms with van der Waals surface area (Å²) in [6, 6.07) is 6.16. The van der Waals surface area contributed by atoms with Gasteiger partial charge in [0.1, 0.15) is 0 Å². The van der Waals surface area contributed by atoms with E-state index in [0.717, 1.165) is 0 Å². The molecule has 1 aromatic heterocycles. The fourth-order valence-corrected chi connectivity index (χ4v) is 2.23. The molecule has 0 radical (unpaired) electrons. The highest BCUT2D eigenvalue weighted by atomic mass is 35.5. The minimum absolute atomic E-state index is 0.0431. The molecular weight excluding hydrogens is 348 g/mol. The minimum atomic E-state index is -0.539. The van der Waals surface area contributed by atoms with Crippen LogP contribution in [0.25, 0.3) is 0 Å². The normalized spacial score (nSPS) is 10.9. The Bertz CT molecular complexity index is 796. The summed E-state index contributed by atoms with van der Waals surface area (Å²) in [5.41, 5.74) is 3.01. The highest BCUT2D eigenvalue weighted by Crippen LogP contribution is 2.36. The van der Waals surface area contributed by atoms with Crippen molar-refractivity contribution in [3.63, 3.8) is 0 Å². The first-order valence-corrected chi connectivity index (χ1v) is 7.72. The molecule has 2 rings (SSSR count). The van der Waals surface area contributed by atoms with Crippen molar-refractivity contribution in [1.29, 1.82) is 0 Å². The zero-order chi connectivity index (χ0) is 18.4. The quantitative estimate of drug-likeness (QED) is 0.454. The number of nitrogens with zero attached hydrogens (tertiary/aromatic N) is 3. The Morgan fingerprint density at radius 1 is 1.44 bits per heavy atom. The van der Waals surface area contributed by atoms with Crippen molar-refractivity contribution < 1.29 is 14.4 Å². The molecule has 0 atom stereocenters. The lowest BCUT2D eigenvalue weighted by Crippen LogP contribution is -2.07. The second kappa shape index (κ2) is 8.29. The number of anilines is 1. The molecule has 25 heavy (non-hydrogen) atoms. The first-order valence-electron chi connectivity index (χ1n) is 7.35. The van der Waals surface area contributed by atoms with Gasteiger partial charge >= 0.3 is 5.69 Å². The van der Waals surface area contributed by atoms with Crippen LogP contribution in [-0.4, -0.2) is 29.3 Å². The summed E-state index contributed by atoms with van der Waals surface area (Å²) in [5.74, 6) is 0.956. The molecule has 9 heteroatoms. The predicted molar refractivity (Wildman–Crippen MR) is 95.9 cm³/mol. The van der Waals surface area contributed by atoms with Gasteiger partial charge in [0.15, 0.2) is 11.5 Å². The number of nitro groups is 1. The molecule has 132 valence electrons. The summed E-state index contributed by atoms with van der Waals surface area (Å²) in [6.45, 7) is 3.77. The lowest BCUT2D eigenvalue weighted by Gasteiger charge is -2.15. The number of aromatic nitrogens is 1. The Kier molecular flexibility index (Phi) is 6.13. The van der Waals surface area contributed by atoms with Crippen LogP contribution in [0.2, 0.25) is 5.02 Å². The van der Waals surface area contributed by atoms with E-state index < -0.39 is 4.92 Å². The smallest absolute Gasteiger partial charge is 0.313 e. The lowest BCUT2D eigenvalue weighted by molar-refractivity contribution is -0.384. The van der Waals surface area contributed by atoms with Gasteiger partial charge in [0, 0.05) is 12.3 Å². The summed E-state index contributed by atoms with van der Waals surface area (Å²) in [5, 5.41) is 15.3. The van der Waals surface area contributed by atoms with Gasteiger partial charge in [-0.3, -0.25) is 15.5 Å². The van der Waals surface area contributed by atoms with Gasteiger partial charge in [-0.15, -0.1) is 0 Å². The van der Waals surface area contributed by atoms with Gasteiger partial charge in [0.25, 0.3) is 0 Å². The average Bonchev–Trinajstić information content (AvgIpc) is 2.57. The Hall–Kier alpha value is -2.87. The van der Waals surface area contributed by atoms with Crippen LogP contribution in [0.5, 0.6) is 11.5 Å². The first-order chi connectivity index (χ1) is 11.9. The van der Waals surface area contributed by atoms with Crippen LogP contribution in [0.4, 0.5) is 11.5 Å². The van der Waals surface area contributed by atoms with Gasteiger partial charge in [-0.25, -0.2) is 4.98 Å². The predicted octanol–water partition coefficient (Wildman–Crippen LogP) is 3.89. The average molecular weight is 365 g/mol. The van der Waals surface area contributed by atoms with Crippen LogP contribution >= 0.6 is 11.6 Å². The van der Waals surface area contributed by atoms with Gasteiger partial charge in [-0.05, 0) is 37.6 Å². The van der Waals surface area contributed by atoms with E-state index in [2.05, 4.69) is 15.5 Å². The van der Waals surface area contributed by atoms with Gasteiger partial charge < -0.3 is 9.47 Å². The number of methoxy groups -OCH3 is 1. The van der Waals surface area contributed by atoms with E-state index in [1.165, 1.54) is 31.7 Å². The molecule has 0 aliphatic carbocycles. The molecule has 1 N–H and O–H groups in total. The second-order valence-corrected chi connectivity index (χ2v) is 5.61. The maximum atomic E-state index is 10.9. The highest BCUT2D eigenvalue weighted by Gasteiger charge is 2.14. The van der Waals surface area contributed by atoms with E-state index in [9.17, 15) is 10.1 Å². The van der Waals surface area contributed by atoms with Crippen LogP contribution in [0.15, 0.2) is 35.6 Å². The number of nitrogens with one attached hydrogen (secondary N) is 1. The van der Waals surface area contributed by atoms with Crippen molar-refractivity contribution in [1.82, 2.24) is 4.98 Å². The Morgan fingerprint density at radius 2 is 2.20 bits per heavy atom. The highest BCUT2D eigenvalue weighted by molar-refractivity contribution is 6.32. The molecule has 0 aliphatic heterocycles. The van der Waals surface area contributed by atoms with Crippen molar-refractivity contribution in [3.05, 3.63) is 51.2 Å². The molecule has 0 fully saturated rings. The van der Waals surface area contributed by atoms with Crippen molar-refractivity contribution in [3.8, 4) is 11.5 Å². The topological polar surface area (TPSA) is 98.9 Å². The third-order valence-corrected chi connectivity index (χ3v) is 3.25. The number of pyridine rings is 1. The third kappa shape index (κ3) is 4.80. The van der Waals surface area contributed by atoms with Crippen LogP contribution < -0.4 is 14.9 Å². The molecule has 1 heterocycles. The number of rotatable bonds is 7. The fourth-order valence-electron chi connectivity index (χ4n) is 1.96. The van der Waals surface area contributed by atoms with Crippen LogP contribution in [0, 0.1) is 10.1 Å². The molecule has 0 saturated heterocycles. The summed E-state index contributed by atoms with van der Waals surface area (Å²) in [7, 11) is 1.51. The number of hydrogen-bond donors (Lipinski definition) is 1. The fraction of sp³-hybridized carbons (Fsp3) is 0.250. The second-order valence-electron chi connectivity index (χ2n) is 5.20. The van der Waals surface area contributed by atoms with Crippen molar-refractivity contribution in [2.45, 2.75) is 20.0 Å². The van der Waals surface area contributed by atoms with Gasteiger partial charge in [-0.2, -0.15) is 5.10 Å². The van der Waals surface area contributed by atoms with Crippen molar-refractivity contribution >= 4 is 29.3 Å². The van der Waals surface area contributed by atoms with E-state index in [1.807, 2.05) is 13.8 Å². The zero-order valence-electron chi connectivity index (χ0n) is 13.9. The van der Waals surface area contributed by atoms with Gasteiger partial charge in [0.05, 0.1) is 29.4 Å². The molecule has 0 bridgehead atoms. The minimum Gasteiger partial charge on any atom is -0.493 e. The Balaban J connectivity index is 2.22. The summed E-state index contributed by atoms with van der Waals surface area (Å²) in [4.78, 5) is 14.3.